The number of amides is 1. The largest absolute Gasteiger partial charge is 0.469 e. The predicted octanol–water partition coefficient (Wildman–Crippen LogP) is 3.25. The summed E-state index contributed by atoms with van der Waals surface area (Å²) < 4.78 is 9.96. The Hall–Kier alpha value is -1.85. The zero-order valence-corrected chi connectivity index (χ0v) is 17.6. The Morgan fingerprint density at radius 2 is 1.62 bits per heavy atom. The fourth-order valence-corrected chi connectivity index (χ4v) is 3.18. The maximum absolute atomic E-state index is 12.6. The molecule has 26 heavy (non-hydrogen) atoms. The second kappa shape index (κ2) is 9.19. The van der Waals surface area contributed by atoms with Crippen LogP contribution in [-0.4, -0.2) is 38.1 Å². The summed E-state index contributed by atoms with van der Waals surface area (Å²) >= 11 is 0. The molecule has 1 unspecified atom stereocenters. The number of ether oxygens (including phenoxy) is 2. The fraction of sp³-hybridized carbons (Fsp3) is 0.750. The van der Waals surface area contributed by atoms with Gasteiger partial charge in [0.05, 0.1) is 19.1 Å². The molecule has 0 spiro atoms. The van der Waals surface area contributed by atoms with Crippen LogP contribution >= 0.6 is 0 Å². The van der Waals surface area contributed by atoms with E-state index >= 15 is 0 Å². The van der Waals surface area contributed by atoms with Crippen LogP contribution in [0, 0.1) is 16.2 Å². The van der Waals surface area contributed by atoms with Gasteiger partial charge < -0.3 is 14.8 Å². The van der Waals surface area contributed by atoms with Crippen LogP contribution in [0.4, 0.5) is 0 Å². The van der Waals surface area contributed by atoms with Gasteiger partial charge in [-0.2, -0.15) is 0 Å². The van der Waals surface area contributed by atoms with Crippen LogP contribution in [0.2, 0.25) is 0 Å². The van der Waals surface area contributed by atoms with Crippen LogP contribution in [0.3, 0.4) is 0 Å². The van der Waals surface area contributed by atoms with Crippen LogP contribution in [0.5, 0.6) is 0 Å². The molecule has 0 radical (unpaired) electrons. The first-order valence-corrected chi connectivity index (χ1v) is 8.94. The van der Waals surface area contributed by atoms with Crippen molar-refractivity contribution in [2.75, 3.05) is 20.3 Å². The molecule has 0 aliphatic rings. The molecule has 1 N–H and O–H groups in total. The molecule has 1 atom stereocenters. The van der Waals surface area contributed by atoms with E-state index in [9.17, 15) is 14.4 Å². The highest BCUT2D eigenvalue weighted by Crippen LogP contribution is 2.49. The third kappa shape index (κ3) is 5.85. The molecule has 0 aromatic heterocycles. The van der Waals surface area contributed by atoms with Gasteiger partial charge in [-0.25, -0.2) is 4.79 Å². The first-order valence-electron chi connectivity index (χ1n) is 8.94. The van der Waals surface area contributed by atoms with Gasteiger partial charge in [-0.15, -0.1) is 0 Å². The molecule has 0 aromatic rings. The average Bonchev–Trinajstić information content (AvgIpc) is 2.55. The summed E-state index contributed by atoms with van der Waals surface area (Å²) in [5.41, 5.74) is -1.54. The number of esters is 2. The van der Waals surface area contributed by atoms with E-state index in [4.69, 9.17) is 9.47 Å². The maximum Gasteiger partial charge on any atom is 0.333 e. The van der Waals surface area contributed by atoms with Crippen molar-refractivity contribution in [3.63, 3.8) is 0 Å². The van der Waals surface area contributed by atoms with Crippen LogP contribution in [-0.2, 0) is 23.9 Å². The van der Waals surface area contributed by atoms with Crippen LogP contribution < -0.4 is 5.32 Å². The topological polar surface area (TPSA) is 81.7 Å². The molecule has 0 heterocycles. The monoisotopic (exact) mass is 369 g/mol. The van der Waals surface area contributed by atoms with Crippen molar-refractivity contribution in [3.8, 4) is 0 Å². The predicted molar refractivity (Wildman–Crippen MR) is 101 cm³/mol. The summed E-state index contributed by atoms with van der Waals surface area (Å²) in [4.78, 5) is 36.2. The summed E-state index contributed by atoms with van der Waals surface area (Å²) in [5.74, 6) is -0.899. The third-order valence-electron chi connectivity index (χ3n) is 5.30. The van der Waals surface area contributed by atoms with E-state index in [1.165, 1.54) is 7.11 Å². The molecule has 0 saturated carbocycles. The smallest absolute Gasteiger partial charge is 0.333 e. The number of rotatable bonds is 10. The molecule has 0 fully saturated rings. The van der Waals surface area contributed by atoms with Crippen molar-refractivity contribution in [1.82, 2.24) is 5.32 Å². The average molecular weight is 370 g/mol. The van der Waals surface area contributed by atoms with Crippen LogP contribution in [0.1, 0.15) is 61.3 Å². The molecule has 1 amide bonds. The Bertz CT molecular complexity index is 550. The molecule has 0 aliphatic carbocycles. The van der Waals surface area contributed by atoms with E-state index in [1.54, 1.807) is 6.92 Å². The Balaban J connectivity index is 4.93. The summed E-state index contributed by atoms with van der Waals surface area (Å²) in [6.07, 6.45) is 1.11. The number of hydrogen-bond acceptors (Lipinski definition) is 5. The first-order chi connectivity index (χ1) is 11.7. The summed E-state index contributed by atoms with van der Waals surface area (Å²) in [7, 11) is 1.39. The highest BCUT2D eigenvalue weighted by atomic mass is 16.5. The second-order valence-electron chi connectivity index (χ2n) is 8.29. The Morgan fingerprint density at radius 3 is 2.04 bits per heavy atom. The molecule has 0 aromatic carbocycles. The van der Waals surface area contributed by atoms with E-state index in [1.807, 2.05) is 41.5 Å². The zero-order valence-electron chi connectivity index (χ0n) is 17.6. The second-order valence-corrected chi connectivity index (χ2v) is 8.29. The molecule has 6 heteroatoms. The number of carbonyl (C=O) groups is 3. The summed E-state index contributed by atoms with van der Waals surface area (Å²) in [5, 5.41) is 2.79. The van der Waals surface area contributed by atoms with E-state index in [-0.39, 0.29) is 25.0 Å². The highest BCUT2D eigenvalue weighted by Gasteiger charge is 2.50. The minimum absolute atomic E-state index is 0.0890. The van der Waals surface area contributed by atoms with E-state index in [2.05, 4.69) is 11.9 Å². The number of methoxy groups -OCH3 is 1. The quantitative estimate of drug-likeness (QED) is 0.363. The normalized spacial score (nSPS) is 14.2. The lowest BCUT2D eigenvalue weighted by molar-refractivity contribution is -0.162. The molecule has 0 aliphatic heterocycles. The van der Waals surface area contributed by atoms with Gasteiger partial charge in [-0.3, -0.25) is 9.59 Å². The molecule has 0 bridgehead atoms. The van der Waals surface area contributed by atoms with Gasteiger partial charge in [0.15, 0.2) is 0 Å². The molecule has 6 nitrogen and oxygen atoms in total. The van der Waals surface area contributed by atoms with Gasteiger partial charge in [-0.05, 0) is 32.1 Å². The summed E-state index contributed by atoms with van der Waals surface area (Å²) in [6.45, 7) is 16.9. The van der Waals surface area contributed by atoms with Gasteiger partial charge >= 0.3 is 11.9 Å². The molecule has 0 saturated heterocycles. The van der Waals surface area contributed by atoms with Gasteiger partial charge in [0.25, 0.3) is 0 Å². The SMILES string of the molecule is C=C(C)C(=O)OCCNC(=O)C(C)(C)CC(C)(C)C(C)(CC)C(=O)OC. The minimum atomic E-state index is -0.702. The summed E-state index contributed by atoms with van der Waals surface area (Å²) in [6, 6.07) is 0. The number of nitrogens with one attached hydrogen (secondary N) is 1. The minimum Gasteiger partial charge on any atom is -0.469 e. The van der Waals surface area contributed by atoms with Crippen LogP contribution in [0.15, 0.2) is 12.2 Å². The van der Waals surface area contributed by atoms with Gasteiger partial charge in [0.1, 0.15) is 6.61 Å². The first kappa shape index (κ1) is 24.1. The van der Waals surface area contributed by atoms with E-state index in [0.29, 0.717) is 18.4 Å². The lowest BCUT2D eigenvalue weighted by atomic mass is 9.59. The van der Waals surface area contributed by atoms with Crippen molar-refractivity contribution < 1.29 is 23.9 Å². The lowest BCUT2D eigenvalue weighted by Crippen LogP contribution is -2.48. The van der Waals surface area contributed by atoms with Crippen molar-refractivity contribution in [2.45, 2.75) is 61.3 Å². The fourth-order valence-electron chi connectivity index (χ4n) is 3.18. The van der Waals surface area contributed by atoms with Crippen molar-refractivity contribution in [3.05, 3.63) is 12.2 Å². The maximum atomic E-state index is 12.6. The van der Waals surface area contributed by atoms with Crippen molar-refractivity contribution >= 4 is 17.8 Å². The Labute approximate surface area is 157 Å². The van der Waals surface area contributed by atoms with E-state index < -0.39 is 22.2 Å². The third-order valence-corrected chi connectivity index (χ3v) is 5.30. The van der Waals surface area contributed by atoms with Crippen molar-refractivity contribution in [1.29, 1.82) is 0 Å². The van der Waals surface area contributed by atoms with Gasteiger partial charge in [-0.1, -0.05) is 41.2 Å². The van der Waals surface area contributed by atoms with E-state index in [0.717, 1.165) is 0 Å². The number of hydrogen-bond donors (Lipinski definition) is 1. The number of carbonyl (C=O) groups excluding carboxylic acids is 3. The van der Waals surface area contributed by atoms with Crippen LogP contribution in [0.25, 0.3) is 0 Å². The molecular formula is C20H35NO5. The highest BCUT2D eigenvalue weighted by molar-refractivity contribution is 5.87. The standard InChI is InChI=1S/C20H35NO5/c1-10-20(8,17(24)25-9)19(6,7)13-18(4,5)16(23)21-11-12-26-15(22)14(2)3/h2,10-13H2,1,3-9H3,(H,21,23). The van der Waals surface area contributed by atoms with Crippen molar-refractivity contribution in [2.24, 2.45) is 16.2 Å². The molecule has 0 rings (SSSR count). The molecular weight excluding hydrogens is 334 g/mol. The Kier molecular flexibility index (Phi) is 8.54. The lowest BCUT2D eigenvalue weighted by Gasteiger charge is -2.45. The Morgan fingerprint density at radius 1 is 1.08 bits per heavy atom. The zero-order chi connectivity index (χ0) is 20.8. The van der Waals surface area contributed by atoms with Gasteiger partial charge in [0.2, 0.25) is 5.91 Å². The molecule has 150 valence electrons. The van der Waals surface area contributed by atoms with Gasteiger partial charge in [0, 0.05) is 11.0 Å².